The van der Waals surface area contributed by atoms with Crippen molar-refractivity contribution in [1.82, 2.24) is 5.32 Å². The summed E-state index contributed by atoms with van der Waals surface area (Å²) in [7, 11) is 0. The minimum atomic E-state index is -0.433. The van der Waals surface area contributed by atoms with Crippen LogP contribution in [0.3, 0.4) is 0 Å². The van der Waals surface area contributed by atoms with Gasteiger partial charge in [0.25, 0.3) is 5.91 Å². The normalized spacial score (nSPS) is 10.9. The number of carbonyl (C=O) groups excluding carboxylic acids is 1. The first-order valence-corrected chi connectivity index (χ1v) is 7.24. The van der Waals surface area contributed by atoms with E-state index < -0.39 is 5.91 Å². The maximum Gasteiger partial charge on any atom is 0.262 e. The van der Waals surface area contributed by atoms with Crippen molar-refractivity contribution in [2.45, 2.75) is 6.54 Å². The van der Waals surface area contributed by atoms with Gasteiger partial charge in [0.2, 0.25) is 0 Å². The van der Waals surface area contributed by atoms with Gasteiger partial charge in [0.15, 0.2) is 0 Å². The summed E-state index contributed by atoms with van der Waals surface area (Å²) in [6.07, 6.45) is 1.47. The fourth-order valence-corrected chi connectivity index (χ4v) is 2.10. The average Bonchev–Trinajstić information content (AvgIpc) is 2.54. The van der Waals surface area contributed by atoms with E-state index in [1.807, 2.05) is 36.4 Å². The molecule has 5 heteroatoms. The predicted molar refractivity (Wildman–Crippen MR) is 88.3 cm³/mol. The van der Waals surface area contributed by atoms with Crippen LogP contribution in [0.1, 0.15) is 11.1 Å². The van der Waals surface area contributed by atoms with Crippen molar-refractivity contribution in [2.75, 3.05) is 0 Å². The number of amides is 1. The van der Waals surface area contributed by atoms with Gasteiger partial charge in [-0.15, -0.1) is 0 Å². The lowest BCUT2D eigenvalue weighted by atomic mass is 10.1. The van der Waals surface area contributed by atoms with Crippen molar-refractivity contribution in [1.29, 1.82) is 5.26 Å². The molecular weight excluding hydrogens is 319 g/mol. The van der Waals surface area contributed by atoms with Crippen molar-refractivity contribution in [3.8, 4) is 6.07 Å². The summed E-state index contributed by atoms with van der Waals surface area (Å²) in [4.78, 5) is 12.0. The van der Waals surface area contributed by atoms with Crippen LogP contribution in [0.5, 0.6) is 0 Å². The van der Waals surface area contributed by atoms with E-state index in [1.165, 1.54) is 6.08 Å². The maximum absolute atomic E-state index is 12.0. The van der Waals surface area contributed by atoms with Crippen LogP contribution in [0.4, 0.5) is 0 Å². The summed E-state index contributed by atoms with van der Waals surface area (Å²) in [5.41, 5.74) is 1.61. The predicted octanol–water partition coefficient (Wildman–Crippen LogP) is 4.22. The third-order valence-corrected chi connectivity index (χ3v) is 3.65. The Hall–Kier alpha value is -2.28. The number of nitrogens with one attached hydrogen (secondary N) is 1. The molecule has 0 saturated carbocycles. The van der Waals surface area contributed by atoms with E-state index >= 15 is 0 Å². The topological polar surface area (TPSA) is 52.9 Å². The molecule has 0 fully saturated rings. The lowest BCUT2D eigenvalue weighted by Gasteiger charge is -2.04. The lowest BCUT2D eigenvalue weighted by molar-refractivity contribution is -0.117. The Morgan fingerprint density at radius 2 is 1.86 bits per heavy atom. The molecule has 2 aromatic rings. The molecule has 0 bridgehead atoms. The van der Waals surface area contributed by atoms with Crippen LogP contribution >= 0.6 is 23.2 Å². The van der Waals surface area contributed by atoms with Gasteiger partial charge in [-0.1, -0.05) is 59.6 Å². The number of rotatable bonds is 4. The first kappa shape index (κ1) is 16.1. The molecule has 0 aliphatic heterocycles. The van der Waals surface area contributed by atoms with Crippen molar-refractivity contribution < 1.29 is 4.79 Å². The number of nitrogens with zero attached hydrogens (tertiary/aromatic N) is 1. The van der Waals surface area contributed by atoms with Gasteiger partial charge in [0.05, 0.1) is 10.0 Å². The molecule has 0 saturated heterocycles. The summed E-state index contributed by atoms with van der Waals surface area (Å²) in [6.45, 7) is 0.361. The standard InChI is InChI=1S/C17H12Cl2N2O/c18-15-7-6-13(9-16(15)19)8-14(10-20)17(22)21-11-12-4-2-1-3-5-12/h1-9H,11H2,(H,21,22). The molecule has 0 spiro atoms. The monoisotopic (exact) mass is 330 g/mol. The number of benzene rings is 2. The van der Waals surface area contributed by atoms with E-state index in [-0.39, 0.29) is 5.57 Å². The quantitative estimate of drug-likeness (QED) is 0.674. The molecule has 0 aliphatic carbocycles. The molecule has 0 atom stereocenters. The highest BCUT2D eigenvalue weighted by Gasteiger charge is 2.09. The Kier molecular flexibility index (Phi) is 5.60. The smallest absolute Gasteiger partial charge is 0.262 e. The Labute approximate surface area is 138 Å². The Bertz CT molecular complexity index is 749. The van der Waals surface area contributed by atoms with E-state index in [9.17, 15) is 4.79 Å². The molecule has 22 heavy (non-hydrogen) atoms. The maximum atomic E-state index is 12.0. The highest BCUT2D eigenvalue weighted by atomic mass is 35.5. The van der Waals surface area contributed by atoms with Crippen LogP contribution < -0.4 is 5.32 Å². The molecular formula is C17H12Cl2N2O. The zero-order valence-electron chi connectivity index (χ0n) is 11.5. The zero-order valence-corrected chi connectivity index (χ0v) is 13.0. The third kappa shape index (κ3) is 4.36. The Morgan fingerprint density at radius 1 is 1.14 bits per heavy atom. The highest BCUT2D eigenvalue weighted by molar-refractivity contribution is 6.42. The number of nitriles is 1. The highest BCUT2D eigenvalue weighted by Crippen LogP contribution is 2.23. The van der Waals surface area contributed by atoms with Gasteiger partial charge in [-0.2, -0.15) is 5.26 Å². The Balaban J connectivity index is 2.10. The summed E-state index contributed by atoms with van der Waals surface area (Å²) >= 11 is 11.8. The van der Waals surface area contributed by atoms with Crippen molar-refractivity contribution >= 4 is 35.2 Å². The molecule has 2 rings (SSSR count). The Morgan fingerprint density at radius 3 is 2.50 bits per heavy atom. The van der Waals surface area contributed by atoms with E-state index in [2.05, 4.69) is 5.32 Å². The average molecular weight is 331 g/mol. The van der Waals surface area contributed by atoms with Gasteiger partial charge in [0, 0.05) is 6.54 Å². The van der Waals surface area contributed by atoms with Gasteiger partial charge >= 0.3 is 0 Å². The van der Waals surface area contributed by atoms with Crippen molar-refractivity contribution in [3.05, 3.63) is 75.3 Å². The van der Waals surface area contributed by atoms with Crippen LogP contribution in [-0.2, 0) is 11.3 Å². The van der Waals surface area contributed by atoms with Gasteiger partial charge in [0.1, 0.15) is 11.6 Å². The summed E-state index contributed by atoms with van der Waals surface area (Å²) in [5, 5.41) is 12.6. The second-order valence-corrected chi connectivity index (χ2v) is 5.33. The molecule has 1 amide bonds. The largest absolute Gasteiger partial charge is 0.347 e. The molecule has 0 aliphatic rings. The van der Waals surface area contributed by atoms with Crippen molar-refractivity contribution in [3.63, 3.8) is 0 Å². The first-order valence-electron chi connectivity index (χ1n) is 6.49. The van der Waals surface area contributed by atoms with Gasteiger partial charge < -0.3 is 5.32 Å². The second kappa shape index (κ2) is 7.65. The molecule has 0 heterocycles. The number of hydrogen-bond acceptors (Lipinski definition) is 2. The van der Waals surface area contributed by atoms with E-state index in [1.54, 1.807) is 18.2 Å². The molecule has 0 unspecified atom stereocenters. The van der Waals surface area contributed by atoms with Crippen molar-refractivity contribution in [2.24, 2.45) is 0 Å². The lowest BCUT2D eigenvalue weighted by Crippen LogP contribution is -2.23. The van der Waals surface area contributed by atoms with Crippen LogP contribution in [0.2, 0.25) is 10.0 Å². The summed E-state index contributed by atoms with van der Waals surface area (Å²) in [5.74, 6) is -0.433. The second-order valence-electron chi connectivity index (χ2n) is 4.51. The number of carbonyl (C=O) groups is 1. The van der Waals surface area contributed by atoms with Crippen LogP contribution in [-0.4, -0.2) is 5.91 Å². The van der Waals surface area contributed by atoms with Gasteiger partial charge in [-0.25, -0.2) is 0 Å². The van der Waals surface area contributed by atoms with Crippen LogP contribution in [0, 0.1) is 11.3 Å². The number of hydrogen-bond donors (Lipinski definition) is 1. The van der Waals surface area contributed by atoms with Gasteiger partial charge in [-0.05, 0) is 29.3 Å². The third-order valence-electron chi connectivity index (χ3n) is 2.92. The fourth-order valence-electron chi connectivity index (χ4n) is 1.79. The van der Waals surface area contributed by atoms with E-state index in [0.717, 1.165) is 5.56 Å². The minimum absolute atomic E-state index is 0.00863. The van der Waals surface area contributed by atoms with E-state index in [4.69, 9.17) is 28.5 Å². The molecule has 110 valence electrons. The molecule has 0 radical (unpaired) electrons. The minimum Gasteiger partial charge on any atom is -0.347 e. The number of halogens is 2. The molecule has 3 nitrogen and oxygen atoms in total. The van der Waals surface area contributed by atoms with E-state index in [0.29, 0.717) is 22.2 Å². The summed E-state index contributed by atoms with van der Waals surface area (Å²) < 4.78 is 0. The summed E-state index contributed by atoms with van der Waals surface area (Å²) in [6, 6.07) is 16.3. The SMILES string of the molecule is N#CC(=Cc1ccc(Cl)c(Cl)c1)C(=O)NCc1ccccc1. The molecule has 0 aromatic heterocycles. The molecule has 2 aromatic carbocycles. The fraction of sp³-hybridized carbons (Fsp3) is 0.0588. The van der Waals surface area contributed by atoms with Crippen LogP contribution in [0.15, 0.2) is 54.1 Å². The van der Waals surface area contributed by atoms with Crippen LogP contribution in [0.25, 0.3) is 6.08 Å². The van der Waals surface area contributed by atoms with Gasteiger partial charge in [-0.3, -0.25) is 4.79 Å². The zero-order chi connectivity index (χ0) is 15.9. The first-order chi connectivity index (χ1) is 10.6. The molecule has 1 N–H and O–H groups in total.